The maximum Gasteiger partial charge on any atom is 0.227 e. The van der Waals surface area contributed by atoms with Crippen molar-refractivity contribution in [3.05, 3.63) is 29.8 Å². The maximum atomic E-state index is 11.9. The molecule has 2 N–H and O–H groups in total. The second-order valence-corrected chi connectivity index (χ2v) is 4.62. The molecule has 0 spiro atoms. The number of hydrogen-bond donors (Lipinski definition) is 2. The van der Waals surface area contributed by atoms with Crippen molar-refractivity contribution in [1.29, 1.82) is 0 Å². The number of nitrogens with zero attached hydrogens (tertiary/aromatic N) is 1. The summed E-state index contributed by atoms with van der Waals surface area (Å²) in [6.45, 7) is 2.43. The summed E-state index contributed by atoms with van der Waals surface area (Å²) in [6, 6.07) is 7.25. The number of hydrogen-bond acceptors (Lipinski definition) is 4. The van der Waals surface area contributed by atoms with Crippen LogP contribution in [0.4, 0.5) is 5.69 Å². The fourth-order valence-corrected chi connectivity index (χ4v) is 2.17. The monoisotopic (exact) mass is 262 g/mol. The second-order valence-electron chi connectivity index (χ2n) is 4.62. The van der Waals surface area contributed by atoms with Gasteiger partial charge >= 0.3 is 0 Å². The lowest BCUT2D eigenvalue weighted by atomic mass is 10.1. The lowest BCUT2D eigenvalue weighted by Gasteiger charge is -2.12. The largest absolute Gasteiger partial charge is 0.411 e. The summed E-state index contributed by atoms with van der Waals surface area (Å²) in [7, 11) is 0. The van der Waals surface area contributed by atoms with E-state index in [1.54, 1.807) is 19.1 Å². The molecule has 5 nitrogen and oxygen atoms in total. The number of nitrogens with one attached hydrogen (secondary N) is 1. The third-order valence-electron chi connectivity index (χ3n) is 3.18. The SMILES string of the molecule is CC(=NO)c1ccccc1NC(=O)CC1CCCO1. The van der Waals surface area contributed by atoms with E-state index in [1.807, 2.05) is 12.1 Å². The summed E-state index contributed by atoms with van der Waals surface area (Å²) in [5.74, 6) is -0.0786. The van der Waals surface area contributed by atoms with E-state index in [9.17, 15) is 4.79 Å². The Morgan fingerprint density at radius 1 is 1.53 bits per heavy atom. The van der Waals surface area contributed by atoms with Crippen molar-refractivity contribution in [3.8, 4) is 0 Å². The molecule has 1 aromatic rings. The van der Waals surface area contributed by atoms with Crippen LogP contribution in [0, 0.1) is 0 Å². The zero-order valence-electron chi connectivity index (χ0n) is 10.9. The molecular formula is C14H18N2O3. The van der Waals surface area contributed by atoms with Gasteiger partial charge in [0.15, 0.2) is 0 Å². The summed E-state index contributed by atoms with van der Waals surface area (Å²) < 4.78 is 5.44. The lowest BCUT2D eigenvalue weighted by molar-refractivity contribution is -0.118. The lowest BCUT2D eigenvalue weighted by Crippen LogP contribution is -2.20. The normalized spacial score (nSPS) is 19.4. The number of para-hydroxylation sites is 1. The summed E-state index contributed by atoms with van der Waals surface area (Å²) in [4.78, 5) is 11.9. The Labute approximate surface area is 112 Å². The van der Waals surface area contributed by atoms with Crippen LogP contribution in [-0.4, -0.2) is 29.5 Å². The van der Waals surface area contributed by atoms with Crippen molar-refractivity contribution in [3.63, 3.8) is 0 Å². The van der Waals surface area contributed by atoms with E-state index in [0.717, 1.165) is 19.4 Å². The van der Waals surface area contributed by atoms with Gasteiger partial charge in [0.05, 0.1) is 18.2 Å². The number of carbonyl (C=O) groups is 1. The standard InChI is InChI=1S/C14H18N2O3/c1-10(16-18)12-6-2-3-7-13(12)15-14(17)9-11-5-4-8-19-11/h2-3,6-7,11,18H,4-5,8-9H2,1H3,(H,15,17). The number of ether oxygens (including phenoxy) is 1. The molecule has 1 amide bonds. The molecule has 1 heterocycles. The average molecular weight is 262 g/mol. The van der Waals surface area contributed by atoms with Gasteiger partial charge < -0.3 is 15.3 Å². The van der Waals surface area contributed by atoms with Crippen LogP contribution in [0.25, 0.3) is 0 Å². The molecule has 19 heavy (non-hydrogen) atoms. The molecule has 2 rings (SSSR count). The Bertz CT molecular complexity index is 479. The first kappa shape index (κ1) is 13.5. The van der Waals surface area contributed by atoms with Crippen LogP contribution >= 0.6 is 0 Å². The Morgan fingerprint density at radius 2 is 2.32 bits per heavy atom. The Kier molecular flexibility index (Phi) is 4.52. The predicted octanol–water partition coefficient (Wildman–Crippen LogP) is 2.39. The second kappa shape index (κ2) is 6.33. The summed E-state index contributed by atoms with van der Waals surface area (Å²) >= 11 is 0. The van der Waals surface area contributed by atoms with E-state index in [-0.39, 0.29) is 12.0 Å². The van der Waals surface area contributed by atoms with Crippen molar-refractivity contribution in [2.24, 2.45) is 5.16 Å². The highest BCUT2D eigenvalue weighted by Crippen LogP contribution is 2.19. The highest BCUT2D eigenvalue weighted by atomic mass is 16.5. The molecule has 1 aliphatic rings. The van der Waals surface area contributed by atoms with E-state index >= 15 is 0 Å². The first-order valence-corrected chi connectivity index (χ1v) is 6.40. The van der Waals surface area contributed by atoms with Crippen LogP contribution in [0.5, 0.6) is 0 Å². The molecule has 5 heteroatoms. The third-order valence-corrected chi connectivity index (χ3v) is 3.18. The molecule has 0 radical (unpaired) electrons. The number of anilines is 1. The van der Waals surface area contributed by atoms with Crippen molar-refractivity contribution >= 4 is 17.3 Å². The molecule has 0 bridgehead atoms. The Morgan fingerprint density at radius 3 is 3.00 bits per heavy atom. The molecule has 102 valence electrons. The number of oxime groups is 1. The highest BCUT2D eigenvalue weighted by molar-refractivity contribution is 6.06. The summed E-state index contributed by atoms with van der Waals surface area (Å²) in [5, 5.41) is 14.8. The van der Waals surface area contributed by atoms with Crippen molar-refractivity contribution in [2.75, 3.05) is 11.9 Å². The van der Waals surface area contributed by atoms with Gasteiger partial charge in [-0.1, -0.05) is 23.4 Å². The van der Waals surface area contributed by atoms with Gasteiger partial charge in [0.1, 0.15) is 0 Å². The fourth-order valence-electron chi connectivity index (χ4n) is 2.17. The summed E-state index contributed by atoms with van der Waals surface area (Å²) in [5.41, 5.74) is 1.83. The predicted molar refractivity (Wildman–Crippen MR) is 72.7 cm³/mol. The van der Waals surface area contributed by atoms with Gasteiger partial charge in [0.25, 0.3) is 0 Å². The smallest absolute Gasteiger partial charge is 0.227 e. The van der Waals surface area contributed by atoms with Crippen molar-refractivity contribution < 1.29 is 14.7 Å². The quantitative estimate of drug-likeness (QED) is 0.497. The topological polar surface area (TPSA) is 70.9 Å². The zero-order chi connectivity index (χ0) is 13.7. The van der Waals surface area contributed by atoms with Crippen molar-refractivity contribution in [1.82, 2.24) is 0 Å². The molecule has 1 unspecified atom stereocenters. The fraction of sp³-hybridized carbons (Fsp3) is 0.429. The molecule has 1 saturated heterocycles. The molecule has 1 aromatic carbocycles. The average Bonchev–Trinajstić information content (AvgIpc) is 2.91. The van der Waals surface area contributed by atoms with Crippen molar-refractivity contribution in [2.45, 2.75) is 32.3 Å². The maximum absolute atomic E-state index is 11.9. The molecule has 0 aromatic heterocycles. The molecule has 0 saturated carbocycles. The number of amides is 1. The van der Waals surface area contributed by atoms with Crippen LogP contribution in [-0.2, 0) is 9.53 Å². The number of rotatable bonds is 4. The van der Waals surface area contributed by atoms with Crippen LogP contribution < -0.4 is 5.32 Å². The van der Waals surface area contributed by atoms with Crippen LogP contribution in [0.3, 0.4) is 0 Å². The van der Waals surface area contributed by atoms with E-state index in [1.165, 1.54) is 0 Å². The molecule has 0 aliphatic carbocycles. The van der Waals surface area contributed by atoms with E-state index in [4.69, 9.17) is 9.94 Å². The minimum atomic E-state index is -0.0786. The van der Waals surface area contributed by atoms with Crippen LogP contribution in [0.15, 0.2) is 29.4 Å². The minimum absolute atomic E-state index is 0.0276. The first-order chi connectivity index (χ1) is 9.20. The third kappa shape index (κ3) is 3.54. The molecule has 1 fully saturated rings. The van der Waals surface area contributed by atoms with Crippen LogP contribution in [0.1, 0.15) is 31.7 Å². The number of carbonyl (C=O) groups excluding carboxylic acids is 1. The highest BCUT2D eigenvalue weighted by Gasteiger charge is 2.19. The van der Waals surface area contributed by atoms with Crippen LogP contribution in [0.2, 0.25) is 0 Å². The Hall–Kier alpha value is -1.88. The van der Waals surface area contributed by atoms with E-state index in [0.29, 0.717) is 23.4 Å². The van der Waals surface area contributed by atoms with E-state index in [2.05, 4.69) is 10.5 Å². The molecule has 1 atom stereocenters. The van der Waals surface area contributed by atoms with Gasteiger partial charge in [-0.15, -0.1) is 0 Å². The summed E-state index contributed by atoms with van der Waals surface area (Å²) in [6.07, 6.45) is 2.35. The first-order valence-electron chi connectivity index (χ1n) is 6.40. The zero-order valence-corrected chi connectivity index (χ0v) is 10.9. The van der Waals surface area contributed by atoms with Gasteiger partial charge in [0.2, 0.25) is 5.91 Å². The molecule has 1 aliphatic heterocycles. The van der Waals surface area contributed by atoms with Gasteiger partial charge in [-0.2, -0.15) is 0 Å². The Balaban J connectivity index is 2.03. The van der Waals surface area contributed by atoms with E-state index < -0.39 is 0 Å². The molecular weight excluding hydrogens is 244 g/mol. The van der Waals surface area contributed by atoms with Gasteiger partial charge in [-0.3, -0.25) is 4.79 Å². The van der Waals surface area contributed by atoms with Gasteiger partial charge in [0, 0.05) is 17.9 Å². The van der Waals surface area contributed by atoms with Gasteiger partial charge in [-0.25, -0.2) is 0 Å². The van der Waals surface area contributed by atoms with Gasteiger partial charge in [-0.05, 0) is 25.8 Å². The number of benzene rings is 1. The minimum Gasteiger partial charge on any atom is -0.411 e.